The van der Waals surface area contributed by atoms with Crippen LogP contribution in [-0.2, 0) is 14.3 Å². The molecule has 0 aliphatic carbocycles. The lowest BCUT2D eigenvalue weighted by Crippen LogP contribution is -2.03. The Morgan fingerprint density at radius 3 is 1.95 bits per heavy atom. The average Bonchev–Trinajstić information content (AvgIpc) is 2.82. The van der Waals surface area contributed by atoms with Gasteiger partial charge in [0, 0.05) is 0 Å². The summed E-state index contributed by atoms with van der Waals surface area (Å²) < 4.78 is 4.51. The van der Waals surface area contributed by atoms with Crippen LogP contribution < -0.4 is 0 Å². The van der Waals surface area contributed by atoms with Crippen molar-refractivity contribution in [1.29, 1.82) is 0 Å². The summed E-state index contributed by atoms with van der Waals surface area (Å²) >= 11 is 0. The summed E-state index contributed by atoms with van der Waals surface area (Å²) in [6.07, 6.45) is 19.9. The molecule has 22 heavy (non-hydrogen) atoms. The van der Waals surface area contributed by atoms with Crippen LogP contribution in [0, 0.1) is 5.92 Å². The molecular weight excluding hydrogens is 276 g/mol. The van der Waals surface area contributed by atoms with Gasteiger partial charge >= 0.3 is 11.9 Å². The molecule has 0 aromatic rings. The van der Waals surface area contributed by atoms with Crippen molar-refractivity contribution in [3.8, 4) is 0 Å². The molecule has 3 nitrogen and oxygen atoms in total. The lowest BCUT2D eigenvalue weighted by Gasteiger charge is -2.02. The Hall–Kier alpha value is -1.12. The van der Waals surface area contributed by atoms with Gasteiger partial charge in [-0.3, -0.25) is 9.59 Å². The zero-order valence-electron chi connectivity index (χ0n) is 14.1. The van der Waals surface area contributed by atoms with Crippen molar-refractivity contribution in [3.63, 3.8) is 0 Å². The maximum atomic E-state index is 11.2. The van der Waals surface area contributed by atoms with E-state index in [0.717, 1.165) is 6.42 Å². The second-order valence-corrected chi connectivity index (χ2v) is 6.36. The zero-order chi connectivity index (χ0) is 16.0. The Morgan fingerprint density at radius 1 is 0.909 bits per heavy atom. The highest BCUT2D eigenvalue weighted by Crippen LogP contribution is 2.18. The summed E-state index contributed by atoms with van der Waals surface area (Å²) in [7, 11) is 0. The largest absolute Gasteiger partial charge is 0.393 e. The quantitative estimate of drug-likeness (QED) is 0.200. The van der Waals surface area contributed by atoms with E-state index in [0.29, 0.717) is 0 Å². The molecule has 0 radical (unpaired) electrons. The van der Waals surface area contributed by atoms with Gasteiger partial charge in [0.05, 0.1) is 12.3 Å². The third kappa shape index (κ3) is 9.01. The molecule has 1 unspecified atom stereocenters. The number of carbonyl (C=O) groups is 2. The van der Waals surface area contributed by atoms with Crippen LogP contribution in [0.15, 0.2) is 12.2 Å². The van der Waals surface area contributed by atoms with Gasteiger partial charge in [0.1, 0.15) is 0 Å². The van der Waals surface area contributed by atoms with Crippen molar-refractivity contribution >= 4 is 11.9 Å². The van der Waals surface area contributed by atoms with Crippen molar-refractivity contribution < 1.29 is 14.3 Å². The molecule has 0 spiro atoms. The van der Waals surface area contributed by atoms with Crippen molar-refractivity contribution in [3.05, 3.63) is 12.2 Å². The third-order valence-electron chi connectivity index (χ3n) is 4.25. The first-order valence-electron chi connectivity index (χ1n) is 9.15. The topological polar surface area (TPSA) is 43.4 Å². The molecule has 1 heterocycles. The fourth-order valence-electron chi connectivity index (χ4n) is 2.83. The monoisotopic (exact) mass is 308 g/mol. The fraction of sp³-hybridized carbons (Fsp3) is 0.789. The third-order valence-corrected chi connectivity index (χ3v) is 4.25. The highest BCUT2D eigenvalue weighted by atomic mass is 16.6. The number of esters is 2. The Kier molecular flexibility index (Phi) is 10.7. The molecule has 0 amide bonds. The second-order valence-electron chi connectivity index (χ2n) is 6.36. The Balaban J connectivity index is 1.84. The number of carbonyl (C=O) groups excluding carboxylic acids is 2. The Labute approximate surface area is 135 Å². The molecule has 0 aromatic carbocycles. The van der Waals surface area contributed by atoms with Crippen LogP contribution in [0.4, 0.5) is 0 Å². The van der Waals surface area contributed by atoms with Crippen LogP contribution in [-0.4, -0.2) is 11.9 Å². The molecule has 1 fully saturated rings. The highest BCUT2D eigenvalue weighted by Gasteiger charge is 2.30. The van der Waals surface area contributed by atoms with E-state index in [1.165, 1.54) is 70.6 Å². The van der Waals surface area contributed by atoms with Crippen molar-refractivity contribution in [2.24, 2.45) is 5.92 Å². The number of allylic oxidation sites excluding steroid dienone is 1. The summed E-state index contributed by atoms with van der Waals surface area (Å²) in [6, 6.07) is 0. The maximum Gasteiger partial charge on any atom is 0.321 e. The van der Waals surface area contributed by atoms with Crippen molar-refractivity contribution in [2.45, 2.75) is 90.4 Å². The number of hydrogen-bond acceptors (Lipinski definition) is 3. The summed E-state index contributed by atoms with van der Waals surface area (Å²) in [5, 5.41) is 0. The molecule has 0 aromatic heterocycles. The number of hydrogen-bond donors (Lipinski definition) is 0. The van der Waals surface area contributed by atoms with Crippen molar-refractivity contribution in [2.75, 3.05) is 0 Å². The SMILES string of the molecule is CCCCCCCCCCCCC/C=C/C1CC(=O)OC1=O. The van der Waals surface area contributed by atoms with Crippen LogP contribution in [0.2, 0.25) is 0 Å². The number of unbranched alkanes of at least 4 members (excludes halogenated alkanes) is 11. The minimum Gasteiger partial charge on any atom is -0.393 e. The summed E-state index contributed by atoms with van der Waals surface area (Å²) in [4.78, 5) is 22.2. The standard InChI is InChI=1S/C19H32O3/c1-2-3-4-5-6-7-8-9-10-11-12-13-14-15-17-16-18(20)22-19(17)21/h14-15,17H,2-13,16H2,1H3/b15-14+. The minimum absolute atomic E-state index is 0.216. The lowest BCUT2D eigenvalue weighted by molar-refractivity contribution is -0.152. The molecule has 3 heteroatoms. The highest BCUT2D eigenvalue weighted by molar-refractivity contribution is 5.95. The molecular formula is C19H32O3. The first kappa shape index (κ1) is 18.9. The summed E-state index contributed by atoms with van der Waals surface area (Å²) in [5.74, 6) is -1.12. The summed E-state index contributed by atoms with van der Waals surface area (Å²) in [6.45, 7) is 2.26. The van der Waals surface area contributed by atoms with Gasteiger partial charge in [-0.05, 0) is 12.8 Å². The molecule has 0 saturated carbocycles. The molecule has 0 N–H and O–H groups in total. The van der Waals surface area contributed by atoms with E-state index in [1.54, 1.807) is 0 Å². The molecule has 1 rings (SSSR count). The van der Waals surface area contributed by atoms with E-state index in [9.17, 15) is 9.59 Å². The first-order chi connectivity index (χ1) is 10.7. The maximum absolute atomic E-state index is 11.2. The van der Waals surface area contributed by atoms with Gasteiger partial charge in [-0.1, -0.05) is 83.3 Å². The van der Waals surface area contributed by atoms with E-state index in [1.807, 2.05) is 12.2 Å². The van der Waals surface area contributed by atoms with E-state index in [2.05, 4.69) is 11.7 Å². The first-order valence-corrected chi connectivity index (χ1v) is 9.15. The van der Waals surface area contributed by atoms with Gasteiger partial charge in [0.25, 0.3) is 0 Å². The molecule has 1 aliphatic rings. The van der Waals surface area contributed by atoms with E-state index in [4.69, 9.17) is 0 Å². The normalized spacial score (nSPS) is 18.3. The number of cyclic esters (lactones) is 2. The smallest absolute Gasteiger partial charge is 0.321 e. The fourth-order valence-corrected chi connectivity index (χ4v) is 2.83. The lowest BCUT2D eigenvalue weighted by atomic mass is 10.0. The predicted octanol–water partition coefficient (Wildman–Crippen LogP) is 5.33. The average molecular weight is 308 g/mol. The summed E-state index contributed by atoms with van der Waals surface area (Å²) in [5.41, 5.74) is 0. The second kappa shape index (κ2) is 12.4. The molecule has 1 aliphatic heterocycles. The van der Waals surface area contributed by atoms with Crippen LogP contribution >= 0.6 is 0 Å². The van der Waals surface area contributed by atoms with E-state index in [-0.39, 0.29) is 18.3 Å². The molecule has 0 bridgehead atoms. The van der Waals surface area contributed by atoms with Gasteiger partial charge in [0.2, 0.25) is 0 Å². The van der Waals surface area contributed by atoms with E-state index < -0.39 is 5.97 Å². The van der Waals surface area contributed by atoms with E-state index >= 15 is 0 Å². The minimum atomic E-state index is -0.394. The van der Waals surface area contributed by atoms with Gasteiger partial charge in [-0.2, -0.15) is 0 Å². The van der Waals surface area contributed by atoms with Crippen LogP contribution in [0.3, 0.4) is 0 Å². The van der Waals surface area contributed by atoms with Crippen LogP contribution in [0.1, 0.15) is 90.4 Å². The number of rotatable bonds is 13. The van der Waals surface area contributed by atoms with Gasteiger partial charge in [-0.15, -0.1) is 0 Å². The van der Waals surface area contributed by atoms with Crippen molar-refractivity contribution in [1.82, 2.24) is 0 Å². The molecule has 1 saturated heterocycles. The molecule has 1 atom stereocenters. The van der Waals surface area contributed by atoms with Gasteiger partial charge in [0.15, 0.2) is 0 Å². The molecule has 126 valence electrons. The predicted molar refractivity (Wildman–Crippen MR) is 89.4 cm³/mol. The Bertz CT molecular complexity index is 347. The Morgan fingerprint density at radius 2 is 1.45 bits per heavy atom. The van der Waals surface area contributed by atoms with Crippen LogP contribution in [0.5, 0.6) is 0 Å². The van der Waals surface area contributed by atoms with Crippen LogP contribution in [0.25, 0.3) is 0 Å². The zero-order valence-corrected chi connectivity index (χ0v) is 14.1. The van der Waals surface area contributed by atoms with Gasteiger partial charge < -0.3 is 4.74 Å². The number of ether oxygens (including phenoxy) is 1. The van der Waals surface area contributed by atoms with Gasteiger partial charge in [-0.25, -0.2) is 0 Å².